The van der Waals surface area contributed by atoms with Crippen LogP contribution in [-0.2, 0) is 27.2 Å². The summed E-state index contributed by atoms with van der Waals surface area (Å²) in [6.07, 6.45) is 6.13. The highest BCUT2D eigenvalue weighted by Gasteiger charge is 2.34. The molecule has 1 aromatic rings. The zero-order chi connectivity index (χ0) is 19.6. The summed E-state index contributed by atoms with van der Waals surface area (Å²) in [6.45, 7) is 3.59. The Morgan fingerprint density at radius 3 is 2.41 bits per heavy atom. The van der Waals surface area contributed by atoms with Crippen molar-refractivity contribution >= 4 is 34.2 Å². The molecule has 7 heteroatoms. The van der Waals surface area contributed by atoms with E-state index in [-0.39, 0.29) is 12.0 Å². The monoisotopic (exact) mass is 392 g/mol. The molecular formula is C20H26NO5S-. The van der Waals surface area contributed by atoms with Gasteiger partial charge in [0.1, 0.15) is 5.00 Å². The third-order valence-electron chi connectivity index (χ3n) is 5.36. The summed E-state index contributed by atoms with van der Waals surface area (Å²) in [5, 5.41) is 14.8. The SMILES string of the molecule is CC(C)OC(=O)c1c(NC(=O)[C@@H]2CCCC[C@@H]2C(=O)[O-])sc2c1CCCC2. The van der Waals surface area contributed by atoms with Crippen LogP contribution in [0.3, 0.4) is 0 Å². The minimum atomic E-state index is -1.17. The van der Waals surface area contributed by atoms with Crippen molar-refractivity contribution in [3.05, 3.63) is 16.0 Å². The Kier molecular flexibility index (Phi) is 6.19. The van der Waals surface area contributed by atoms with Crippen LogP contribution in [-0.4, -0.2) is 23.9 Å². The zero-order valence-electron chi connectivity index (χ0n) is 15.8. The van der Waals surface area contributed by atoms with Crippen molar-refractivity contribution in [2.24, 2.45) is 11.8 Å². The maximum atomic E-state index is 12.8. The lowest BCUT2D eigenvalue weighted by Gasteiger charge is -2.31. The number of carboxylic acid groups (broad SMARTS) is 1. The van der Waals surface area contributed by atoms with Crippen molar-refractivity contribution in [1.29, 1.82) is 0 Å². The van der Waals surface area contributed by atoms with Crippen molar-refractivity contribution in [3.63, 3.8) is 0 Å². The van der Waals surface area contributed by atoms with Gasteiger partial charge in [-0.25, -0.2) is 4.79 Å². The van der Waals surface area contributed by atoms with Crippen molar-refractivity contribution in [3.8, 4) is 0 Å². The van der Waals surface area contributed by atoms with E-state index in [1.807, 2.05) is 0 Å². The second kappa shape index (κ2) is 8.42. The highest BCUT2D eigenvalue weighted by atomic mass is 32.1. The lowest BCUT2D eigenvalue weighted by atomic mass is 9.78. The van der Waals surface area contributed by atoms with Crippen LogP contribution < -0.4 is 10.4 Å². The first-order valence-corrected chi connectivity index (χ1v) is 10.6. The van der Waals surface area contributed by atoms with Crippen molar-refractivity contribution in [2.75, 3.05) is 5.32 Å². The fraction of sp³-hybridized carbons (Fsp3) is 0.650. The molecular weight excluding hydrogens is 366 g/mol. The Balaban J connectivity index is 1.87. The molecule has 1 fully saturated rings. The number of esters is 1. The summed E-state index contributed by atoms with van der Waals surface area (Å²) < 4.78 is 5.40. The quantitative estimate of drug-likeness (QED) is 0.777. The molecule has 0 radical (unpaired) electrons. The standard InChI is InChI=1S/C20H27NO5S/c1-11(2)26-20(25)16-14-9-5-6-10-15(14)27-18(16)21-17(22)12-7-3-4-8-13(12)19(23)24/h11-13H,3-10H2,1-2H3,(H,21,22)(H,23,24)/p-1/t12-,13+/m1/s1. The summed E-state index contributed by atoms with van der Waals surface area (Å²) in [5.41, 5.74) is 1.44. The number of thiophene rings is 1. The molecule has 1 aromatic heterocycles. The number of fused-ring (bicyclic) bond motifs is 1. The molecule has 2 aliphatic carbocycles. The third kappa shape index (κ3) is 4.34. The van der Waals surface area contributed by atoms with E-state index in [0.717, 1.165) is 49.0 Å². The summed E-state index contributed by atoms with van der Waals surface area (Å²) in [5.74, 6) is -3.29. The van der Waals surface area contributed by atoms with Gasteiger partial charge < -0.3 is 20.0 Å². The summed E-state index contributed by atoms with van der Waals surface area (Å²) in [6, 6.07) is 0. The maximum Gasteiger partial charge on any atom is 0.341 e. The van der Waals surface area contributed by atoms with Crippen LogP contribution in [0.2, 0.25) is 0 Å². The number of hydrogen-bond acceptors (Lipinski definition) is 6. The van der Waals surface area contributed by atoms with Gasteiger partial charge in [0.15, 0.2) is 0 Å². The van der Waals surface area contributed by atoms with Gasteiger partial charge in [0.25, 0.3) is 0 Å². The molecule has 3 rings (SSSR count). The number of carboxylic acids is 1. The van der Waals surface area contributed by atoms with E-state index >= 15 is 0 Å². The number of amides is 1. The first-order valence-electron chi connectivity index (χ1n) is 9.75. The number of rotatable bonds is 5. The number of carbonyl (C=O) groups excluding carboxylic acids is 3. The van der Waals surface area contributed by atoms with Gasteiger partial charge in [-0.2, -0.15) is 0 Å². The van der Waals surface area contributed by atoms with Gasteiger partial charge in [0.2, 0.25) is 5.91 Å². The second-order valence-corrected chi connectivity index (χ2v) is 8.78. The van der Waals surface area contributed by atoms with Crippen LogP contribution in [0.25, 0.3) is 0 Å². The van der Waals surface area contributed by atoms with Gasteiger partial charge >= 0.3 is 5.97 Å². The first-order chi connectivity index (χ1) is 12.9. The van der Waals surface area contributed by atoms with Crippen LogP contribution in [0.4, 0.5) is 5.00 Å². The Morgan fingerprint density at radius 2 is 1.74 bits per heavy atom. The average Bonchev–Trinajstić information content (AvgIpc) is 2.98. The van der Waals surface area contributed by atoms with E-state index in [1.54, 1.807) is 13.8 Å². The van der Waals surface area contributed by atoms with Crippen LogP contribution >= 0.6 is 11.3 Å². The topological polar surface area (TPSA) is 95.5 Å². The number of ether oxygens (including phenoxy) is 1. The number of nitrogens with one attached hydrogen (secondary N) is 1. The molecule has 1 N–H and O–H groups in total. The fourth-order valence-electron chi connectivity index (χ4n) is 4.07. The Bertz CT molecular complexity index is 739. The highest BCUT2D eigenvalue weighted by molar-refractivity contribution is 7.17. The van der Waals surface area contributed by atoms with Gasteiger partial charge in [0, 0.05) is 22.7 Å². The number of carbonyl (C=O) groups is 3. The molecule has 1 amide bonds. The summed E-state index contributed by atoms with van der Waals surface area (Å²) >= 11 is 1.42. The first kappa shape index (κ1) is 19.9. The molecule has 1 heterocycles. The lowest BCUT2D eigenvalue weighted by molar-refractivity contribution is -0.313. The number of aryl methyl sites for hydroxylation is 1. The van der Waals surface area contributed by atoms with Gasteiger partial charge in [-0.1, -0.05) is 12.8 Å². The van der Waals surface area contributed by atoms with E-state index in [9.17, 15) is 19.5 Å². The van der Waals surface area contributed by atoms with E-state index in [2.05, 4.69) is 5.32 Å². The molecule has 0 saturated heterocycles. The second-order valence-electron chi connectivity index (χ2n) is 7.67. The van der Waals surface area contributed by atoms with E-state index in [1.165, 1.54) is 11.3 Å². The number of aliphatic carboxylic acids is 1. The largest absolute Gasteiger partial charge is 0.550 e. The molecule has 6 nitrogen and oxygen atoms in total. The molecule has 148 valence electrons. The minimum absolute atomic E-state index is 0.249. The van der Waals surface area contributed by atoms with Crippen molar-refractivity contribution in [1.82, 2.24) is 0 Å². The Hall–Kier alpha value is -1.89. The minimum Gasteiger partial charge on any atom is -0.550 e. The summed E-state index contributed by atoms with van der Waals surface area (Å²) in [7, 11) is 0. The molecule has 2 atom stereocenters. The number of anilines is 1. The van der Waals surface area contributed by atoms with Gasteiger partial charge in [0.05, 0.1) is 11.7 Å². The molecule has 1 saturated carbocycles. The molecule has 0 unspecified atom stereocenters. The zero-order valence-corrected chi connectivity index (χ0v) is 16.7. The lowest BCUT2D eigenvalue weighted by Crippen LogP contribution is -2.42. The van der Waals surface area contributed by atoms with E-state index < -0.39 is 23.8 Å². The molecule has 0 bridgehead atoms. The third-order valence-corrected chi connectivity index (χ3v) is 6.57. The molecule has 2 aliphatic rings. The van der Waals surface area contributed by atoms with Crippen molar-refractivity contribution < 1.29 is 24.2 Å². The Labute approximate surface area is 163 Å². The smallest absolute Gasteiger partial charge is 0.341 e. The predicted octanol–water partition coefficient (Wildman–Crippen LogP) is 2.69. The molecule has 0 aliphatic heterocycles. The van der Waals surface area contributed by atoms with Gasteiger partial charge in [-0.05, 0) is 57.9 Å². The van der Waals surface area contributed by atoms with Gasteiger partial charge in [-0.15, -0.1) is 11.3 Å². The number of hydrogen-bond donors (Lipinski definition) is 1. The van der Waals surface area contributed by atoms with E-state index in [4.69, 9.17) is 4.74 Å². The van der Waals surface area contributed by atoms with Gasteiger partial charge in [-0.3, -0.25) is 4.79 Å². The normalized spacial score (nSPS) is 22.2. The predicted molar refractivity (Wildman–Crippen MR) is 101 cm³/mol. The fourth-order valence-corrected chi connectivity index (χ4v) is 5.35. The average molecular weight is 392 g/mol. The maximum absolute atomic E-state index is 12.8. The highest BCUT2D eigenvalue weighted by Crippen LogP contribution is 2.40. The van der Waals surface area contributed by atoms with Crippen LogP contribution in [0.15, 0.2) is 0 Å². The Morgan fingerprint density at radius 1 is 1.07 bits per heavy atom. The molecule has 0 spiro atoms. The molecule has 27 heavy (non-hydrogen) atoms. The van der Waals surface area contributed by atoms with E-state index in [0.29, 0.717) is 23.4 Å². The van der Waals surface area contributed by atoms with Crippen LogP contribution in [0.5, 0.6) is 0 Å². The van der Waals surface area contributed by atoms with Crippen LogP contribution in [0, 0.1) is 11.8 Å². The van der Waals surface area contributed by atoms with Crippen LogP contribution in [0.1, 0.15) is 73.2 Å². The molecule has 0 aromatic carbocycles. The summed E-state index contributed by atoms with van der Waals surface area (Å²) in [4.78, 5) is 38.0. The van der Waals surface area contributed by atoms with Crippen molar-refractivity contribution in [2.45, 2.75) is 71.3 Å².